The van der Waals surface area contributed by atoms with E-state index in [4.69, 9.17) is 18.5 Å². The maximum Gasteiger partial charge on any atom is 0.306 e. The molecule has 0 radical (unpaired) electrons. The van der Waals surface area contributed by atoms with E-state index in [1.54, 1.807) is 0 Å². The molecule has 0 heterocycles. The van der Waals surface area contributed by atoms with E-state index in [1.807, 2.05) is 21.1 Å². The highest BCUT2D eigenvalue weighted by molar-refractivity contribution is 7.45. The van der Waals surface area contributed by atoms with Crippen molar-refractivity contribution in [3.63, 3.8) is 0 Å². The number of nitrogens with zero attached hydrogens (tertiary/aromatic N) is 1. The number of likely N-dealkylation sites (N-methyl/N-ethyl adjacent to an activating group) is 1. The van der Waals surface area contributed by atoms with Crippen LogP contribution in [0.25, 0.3) is 0 Å². The number of unbranched alkanes of at least 4 members (excludes halogenated alkanes) is 33. The van der Waals surface area contributed by atoms with Crippen molar-refractivity contribution in [3.8, 4) is 0 Å². The number of phosphoric ester groups is 1. The Morgan fingerprint density at radius 3 is 1.15 bits per heavy atom. The number of quaternary nitrogens is 1. The second kappa shape index (κ2) is 52.8. The molecule has 71 heavy (non-hydrogen) atoms. The molecule has 0 rings (SSSR count). The summed E-state index contributed by atoms with van der Waals surface area (Å²) < 4.78 is 34.1. The fourth-order valence-corrected chi connectivity index (χ4v) is 9.14. The van der Waals surface area contributed by atoms with Crippen molar-refractivity contribution >= 4 is 19.8 Å². The largest absolute Gasteiger partial charge is 0.756 e. The lowest BCUT2D eigenvalue weighted by atomic mass is 10.0. The molecule has 0 aromatic carbocycles. The SMILES string of the molecule is CCCC/C=C\C/C=C\CCCCCCCC(=O)OCC(COP(=O)([O-])OCC[N+](C)(C)C)OC(=O)CCCCCCCCCCCCCCCCCCCCCCC/C=C\C/C=C\CCCCCCC. The number of hydrogen-bond donors (Lipinski definition) is 0. The van der Waals surface area contributed by atoms with Crippen LogP contribution >= 0.6 is 7.82 Å². The number of allylic oxidation sites excluding steroid dienone is 8. The molecule has 0 aromatic heterocycles. The highest BCUT2D eigenvalue weighted by atomic mass is 31.2. The van der Waals surface area contributed by atoms with E-state index >= 15 is 0 Å². The van der Waals surface area contributed by atoms with Crippen LogP contribution in [0.1, 0.15) is 277 Å². The fraction of sp³-hybridized carbons (Fsp3) is 0.836. The fourth-order valence-electron chi connectivity index (χ4n) is 8.41. The molecule has 0 aliphatic rings. The van der Waals surface area contributed by atoms with Crippen molar-refractivity contribution in [2.24, 2.45) is 0 Å². The predicted octanol–water partition coefficient (Wildman–Crippen LogP) is 17.9. The molecule has 0 aliphatic carbocycles. The van der Waals surface area contributed by atoms with Crippen LogP contribution < -0.4 is 4.89 Å². The number of hydrogen-bond acceptors (Lipinski definition) is 8. The summed E-state index contributed by atoms with van der Waals surface area (Å²) in [6.45, 7) is 4.20. The number of ether oxygens (including phenoxy) is 2. The minimum atomic E-state index is -4.64. The minimum Gasteiger partial charge on any atom is -0.756 e. The zero-order valence-corrected chi connectivity index (χ0v) is 48.1. The molecule has 0 bridgehead atoms. The van der Waals surface area contributed by atoms with Crippen molar-refractivity contribution in [2.75, 3.05) is 47.5 Å². The Kier molecular flexibility index (Phi) is 51.3. The summed E-state index contributed by atoms with van der Waals surface area (Å²) in [6.07, 6.45) is 66.1. The van der Waals surface area contributed by atoms with Gasteiger partial charge in [-0.15, -0.1) is 0 Å². The third-order valence-electron chi connectivity index (χ3n) is 13.1. The van der Waals surface area contributed by atoms with Gasteiger partial charge in [0.25, 0.3) is 7.82 Å². The van der Waals surface area contributed by atoms with E-state index in [0.29, 0.717) is 23.9 Å². The first kappa shape index (κ1) is 69.0. The summed E-state index contributed by atoms with van der Waals surface area (Å²) in [6, 6.07) is 0. The van der Waals surface area contributed by atoms with Gasteiger partial charge in [0, 0.05) is 12.8 Å². The minimum absolute atomic E-state index is 0.0326. The van der Waals surface area contributed by atoms with Gasteiger partial charge in [-0.1, -0.05) is 242 Å². The van der Waals surface area contributed by atoms with E-state index in [0.717, 1.165) is 70.6 Å². The van der Waals surface area contributed by atoms with Crippen LogP contribution in [-0.4, -0.2) is 70.0 Å². The van der Waals surface area contributed by atoms with Crippen LogP contribution in [0.15, 0.2) is 48.6 Å². The molecule has 0 saturated carbocycles. The molecule has 0 aromatic rings. The topological polar surface area (TPSA) is 111 Å². The number of rotatable bonds is 55. The molecule has 2 atom stereocenters. The summed E-state index contributed by atoms with van der Waals surface area (Å²) in [5, 5.41) is 0. The molecule has 0 amide bonds. The molecule has 0 spiro atoms. The molecule has 0 fully saturated rings. The van der Waals surface area contributed by atoms with Gasteiger partial charge in [0.05, 0.1) is 27.7 Å². The van der Waals surface area contributed by atoms with Crippen LogP contribution in [0.4, 0.5) is 0 Å². The number of phosphoric acid groups is 1. The van der Waals surface area contributed by atoms with E-state index in [9.17, 15) is 19.0 Å². The quantitative estimate of drug-likeness (QED) is 0.0195. The lowest BCUT2D eigenvalue weighted by Gasteiger charge is -2.28. The molecule has 0 saturated heterocycles. The summed E-state index contributed by atoms with van der Waals surface area (Å²) >= 11 is 0. The van der Waals surface area contributed by atoms with E-state index in [-0.39, 0.29) is 26.1 Å². The van der Waals surface area contributed by atoms with Crippen molar-refractivity contribution in [1.29, 1.82) is 0 Å². The van der Waals surface area contributed by atoms with Crippen LogP contribution in [0.3, 0.4) is 0 Å². The first-order valence-corrected chi connectivity index (χ1v) is 31.3. The Balaban J connectivity index is 4.00. The van der Waals surface area contributed by atoms with Gasteiger partial charge in [-0.3, -0.25) is 14.2 Å². The molecule has 10 heteroatoms. The second-order valence-corrected chi connectivity index (χ2v) is 22.8. The Labute approximate surface area is 439 Å². The highest BCUT2D eigenvalue weighted by Gasteiger charge is 2.22. The highest BCUT2D eigenvalue weighted by Crippen LogP contribution is 2.38. The van der Waals surface area contributed by atoms with Crippen molar-refractivity contribution in [1.82, 2.24) is 0 Å². The molecule has 0 N–H and O–H groups in total. The zero-order chi connectivity index (χ0) is 52.0. The molecule has 0 aliphatic heterocycles. The van der Waals surface area contributed by atoms with Crippen molar-refractivity contribution in [2.45, 2.75) is 283 Å². The van der Waals surface area contributed by atoms with Crippen molar-refractivity contribution in [3.05, 3.63) is 48.6 Å². The summed E-state index contributed by atoms with van der Waals surface area (Å²) in [7, 11) is 1.16. The average molecular weight is 1020 g/mol. The number of carbonyl (C=O) groups excluding carboxylic acids is 2. The first-order valence-electron chi connectivity index (χ1n) is 29.8. The Morgan fingerprint density at radius 1 is 0.437 bits per heavy atom. The second-order valence-electron chi connectivity index (χ2n) is 21.4. The number of esters is 2. The summed E-state index contributed by atoms with van der Waals surface area (Å²) in [4.78, 5) is 37.8. The predicted molar refractivity (Wildman–Crippen MR) is 300 cm³/mol. The van der Waals surface area contributed by atoms with Crippen LogP contribution in [0.5, 0.6) is 0 Å². The molecule has 416 valence electrons. The van der Waals surface area contributed by atoms with E-state index in [1.165, 1.54) is 167 Å². The number of carbonyl (C=O) groups is 2. The normalized spacial score (nSPS) is 13.6. The van der Waals surface area contributed by atoms with Gasteiger partial charge in [0.15, 0.2) is 6.10 Å². The van der Waals surface area contributed by atoms with Gasteiger partial charge in [-0.25, -0.2) is 0 Å². The smallest absolute Gasteiger partial charge is 0.306 e. The monoisotopic (exact) mass is 1020 g/mol. The van der Waals surface area contributed by atoms with Gasteiger partial charge < -0.3 is 27.9 Å². The lowest BCUT2D eigenvalue weighted by Crippen LogP contribution is -2.37. The molecular formula is C61H114NO8P. The Morgan fingerprint density at radius 2 is 0.775 bits per heavy atom. The summed E-state index contributed by atoms with van der Waals surface area (Å²) in [5.41, 5.74) is 0. The van der Waals surface area contributed by atoms with Gasteiger partial charge >= 0.3 is 11.9 Å². The molecule has 2 unspecified atom stereocenters. The zero-order valence-electron chi connectivity index (χ0n) is 47.2. The Bertz CT molecular complexity index is 1340. The van der Waals surface area contributed by atoms with Gasteiger partial charge in [0.2, 0.25) is 0 Å². The van der Waals surface area contributed by atoms with Crippen LogP contribution in [-0.2, 0) is 32.7 Å². The standard InChI is InChI=1S/C61H114NO8P/c1-6-8-10-12-14-16-18-20-22-23-24-25-26-27-28-29-30-31-32-33-34-35-36-37-38-39-40-42-44-46-48-50-52-54-61(64)70-59(58-69-71(65,66)68-56-55-62(3,4)5)57-67-60(63)53-51-49-47-45-43-41-21-19-17-15-13-11-9-7-2/h13,15,18-21,23-24,59H,6-12,14,16-17,22,25-58H2,1-5H3/b15-13-,20-18-,21-19-,24-23-. The Hall–Kier alpha value is -2.03. The third-order valence-corrected chi connectivity index (χ3v) is 14.0. The van der Waals surface area contributed by atoms with E-state index < -0.39 is 32.5 Å². The van der Waals surface area contributed by atoms with Crippen LogP contribution in [0, 0.1) is 0 Å². The van der Waals surface area contributed by atoms with Crippen molar-refractivity contribution < 1.29 is 42.1 Å². The summed E-state index contributed by atoms with van der Waals surface area (Å²) in [5.74, 6) is -0.841. The maximum atomic E-state index is 12.8. The van der Waals surface area contributed by atoms with Gasteiger partial charge in [-0.2, -0.15) is 0 Å². The van der Waals surface area contributed by atoms with Gasteiger partial charge in [0.1, 0.15) is 19.8 Å². The van der Waals surface area contributed by atoms with Crippen LogP contribution in [0.2, 0.25) is 0 Å². The molecular weight excluding hydrogens is 906 g/mol. The van der Waals surface area contributed by atoms with E-state index in [2.05, 4.69) is 62.5 Å². The maximum absolute atomic E-state index is 12.8. The lowest BCUT2D eigenvalue weighted by molar-refractivity contribution is -0.870. The average Bonchev–Trinajstić information content (AvgIpc) is 3.33. The first-order chi connectivity index (χ1) is 34.5. The third kappa shape index (κ3) is 57.1. The van der Waals surface area contributed by atoms with Gasteiger partial charge in [-0.05, 0) is 70.6 Å². The molecule has 9 nitrogen and oxygen atoms in total.